The Morgan fingerprint density at radius 1 is 1.14 bits per heavy atom. The molecule has 1 aromatic heterocycles. The maximum absolute atomic E-state index is 5.98. The van der Waals surface area contributed by atoms with Crippen molar-refractivity contribution < 1.29 is 0 Å². The first-order valence-corrected chi connectivity index (χ1v) is 8.08. The summed E-state index contributed by atoms with van der Waals surface area (Å²) in [6.45, 7) is 4.08. The first-order valence-electron chi connectivity index (χ1n) is 7.70. The van der Waals surface area contributed by atoms with Crippen LogP contribution in [-0.4, -0.2) is 28.3 Å². The number of aromatic nitrogens is 3. The molecule has 2 heterocycles. The molecular formula is C16H20ClN5. The Hall–Kier alpha value is -1.88. The number of aryl methyl sites for hydroxylation is 1. The quantitative estimate of drug-likeness (QED) is 0.928. The predicted octanol–water partition coefficient (Wildman–Crippen LogP) is 3.96. The van der Waals surface area contributed by atoms with Crippen molar-refractivity contribution in [3.8, 4) is 0 Å². The van der Waals surface area contributed by atoms with Gasteiger partial charge in [0.1, 0.15) is 0 Å². The van der Waals surface area contributed by atoms with Gasteiger partial charge in [-0.2, -0.15) is 10.1 Å². The van der Waals surface area contributed by atoms with Crippen molar-refractivity contribution in [2.45, 2.75) is 32.6 Å². The Morgan fingerprint density at radius 2 is 1.91 bits per heavy atom. The van der Waals surface area contributed by atoms with E-state index in [2.05, 4.69) is 25.4 Å². The number of rotatable bonds is 3. The van der Waals surface area contributed by atoms with Gasteiger partial charge in [-0.15, -0.1) is 5.10 Å². The number of hydrogen-bond acceptors (Lipinski definition) is 5. The lowest BCUT2D eigenvalue weighted by atomic mass is 10.2. The second kappa shape index (κ2) is 6.92. The molecule has 0 aliphatic carbocycles. The van der Waals surface area contributed by atoms with Crippen LogP contribution in [0.5, 0.6) is 0 Å². The van der Waals surface area contributed by atoms with Crippen LogP contribution in [0.3, 0.4) is 0 Å². The van der Waals surface area contributed by atoms with E-state index < -0.39 is 0 Å². The Labute approximate surface area is 135 Å². The Balaban J connectivity index is 1.78. The zero-order chi connectivity index (χ0) is 15.4. The summed E-state index contributed by atoms with van der Waals surface area (Å²) < 4.78 is 0. The lowest BCUT2D eigenvalue weighted by Crippen LogP contribution is -2.25. The molecule has 3 rings (SSSR count). The third-order valence-corrected chi connectivity index (χ3v) is 4.15. The lowest BCUT2D eigenvalue weighted by molar-refractivity contribution is 0.726. The average molecular weight is 318 g/mol. The Kier molecular flexibility index (Phi) is 4.73. The number of halogens is 1. The molecular weight excluding hydrogens is 298 g/mol. The SMILES string of the molecule is Cc1cc(Cl)ccc1Nc1nncc(N2CCCCCC2)n1. The molecule has 22 heavy (non-hydrogen) atoms. The fourth-order valence-corrected chi connectivity index (χ4v) is 2.91. The van der Waals surface area contributed by atoms with Gasteiger partial charge < -0.3 is 10.2 Å². The van der Waals surface area contributed by atoms with Crippen LogP contribution in [0.25, 0.3) is 0 Å². The van der Waals surface area contributed by atoms with Crippen LogP contribution >= 0.6 is 11.6 Å². The van der Waals surface area contributed by atoms with Gasteiger partial charge >= 0.3 is 0 Å². The summed E-state index contributed by atoms with van der Waals surface area (Å²) >= 11 is 5.98. The first kappa shape index (κ1) is 15.0. The predicted molar refractivity (Wildman–Crippen MR) is 90.0 cm³/mol. The van der Waals surface area contributed by atoms with Crippen LogP contribution in [-0.2, 0) is 0 Å². The molecule has 1 N–H and O–H groups in total. The van der Waals surface area contributed by atoms with Gasteiger partial charge in [0, 0.05) is 23.8 Å². The van der Waals surface area contributed by atoms with E-state index in [1.807, 2.05) is 25.1 Å². The molecule has 0 spiro atoms. The highest BCUT2D eigenvalue weighted by Gasteiger charge is 2.13. The Morgan fingerprint density at radius 3 is 2.64 bits per heavy atom. The van der Waals surface area contributed by atoms with Crippen LogP contribution in [0.4, 0.5) is 17.5 Å². The van der Waals surface area contributed by atoms with Crippen molar-refractivity contribution in [1.82, 2.24) is 15.2 Å². The summed E-state index contributed by atoms with van der Waals surface area (Å²) in [5.74, 6) is 1.41. The minimum atomic E-state index is 0.521. The average Bonchev–Trinajstić information content (AvgIpc) is 2.80. The van der Waals surface area contributed by atoms with E-state index in [4.69, 9.17) is 11.6 Å². The van der Waals surface area contributed by atoms with Gasteiger partial charge in [0.15, 0.2) is 5.82 Å². The fraction of sp³-hybridized carbons (Fsp3) is 0.438. The van der Waals surface area contributed by atoms with E-state index in [1.54, 1.807) is 6.20 Å². The summed E-state index contributed by atoms with van der Waals surface area (Å²) in [6, 6.07) is 5.69. The number of anilines is 3. The van der Waals surface area contributed by atoms with Crippen molar-refractivity contribution in [3.05, 3.63) is 35.0 Å². The highest BCUT2D eigenvalue weighted by atomic mass is 35.5. The molecule has 2 aromatic rings. The molecule has 0 amide bonds. The molecule has 1 aliphatic heterocycles. The van der Waals surface area contributed by atoms with Gasteiger partial charge in [0.05, 0.1) is 6.20 Å². The molecule has 1 fully saturated rings. The fourth-order valence-electron chi connectivity index (χ4n) is 2.69. The molecule has 0 saturated carbocycles. The summed E-state index contributed by atoms with van der Waals surface area (Å²) in [5, 5.41) is 12.1. The first-order chi connectivity index (χ1) is 10.7. The molecule has 0 unspecified atom stereocenters. The molecule has 116 valence electrons. The van der Waals surface area contributed by atoms with Gasteiger partial charge in [-0.05, 0) is 43.5 Å². The van der Waals surface area contributed by atoms with Crippen LogP contribution in [0, 0.1) is 6.92 Å². The van der Waals surface area contributed by atoms with Crippen molar-refractivity contribution >= 4 is 29.1 Å². The molecule has 0 radical (unpaired) electrons. The number of nitrogens with one attached hydrogen (secondary N) is 1. The van der Waals surface area contributed by atoms with E-state index in [0.29, 0.717) is 5.95 Å². The van der Waals surface area contributed by atoms with Crippen molar-refractivity contribution in [2.75, 3.05) is 23.3 Å². The van der Waals surface area contributed by atoms with E-state index in [9.17, 15) is 0 Å². The molecule has 0 atom stereocenters. The summed E-state index contributed by atoms with van der Waals surface area (Å²) in [6.07, 6.45) is 6.76. The van der Waals surface area contributed by atoms with E-state index in [0.717, 1.165) is 35.2 Å². The molecule has 5 nitrogen and oxygen atoms in total. The van der Waals surface area contributed by atoms with Crippen molar-refractivity contribution in [2.24, 2.45) is 0 Å². The van der Waals surface area contributed by atoms with Crippen LogP contribution in [0.2, 0.25) is 5.02 Å². The summed E-state index contributed by atoms with van der Waals surface area (Å²) in [7, 11) is 0. The third kappa shape index (κ3) is 3.65. The van der Waals surface area contributed by atoms with Gasteiger partial charge in [-0.25, -0.2) is 0 Å². The molecule has 0 bridgehead atoms. The van der Waals surface area contributed by atoms with Gasteiger partial charge in [-0.3, -0.25) is 0 Å². The van der Waals surface area contributed by atoms with Gasteiger partial charge in [0.2, 0.25) is 5.95 Å². The van der Waals surface area contributed by atoms with Crippen LogP contribution < -0.4 is 10.2 Å². The zero-order valence-electron chi connectivity index (χ0n) is 12.7. The monoisotopic (exact) mass is 317 g/mol. The zero-order valence-corrected chi connectivity index (χ0v) is 13.5. The van der Waals surface area contributed by atoms with Crippen LogP contribution in [0.1, 0.15) is 31.2 Å². The lowest BCUT2D eigenvalue weighted by Gasteiger charge is -2.21. The highest BCUT2D eigenvalue weighted by molar-refractivity contribution is 6.30. The van der Waals surface area contributed by atoms with Gasteiger partial charge in [-0.1, -0.05) is 24.4 Å². The minimum Gasteiger partial charge on any atom is -0.355 e. The third-order valence-electron chi connectivity index (χ3n) is 3.91. The second-order valence-corrected chi connectivity index (χ2v) is 6.06. The largest absolute Gasteiger partial charge is 0.355 e. The second-order valence-electron chi connectivity index (χ2n) is 5.62. The molecule has 6 heteroatoms. The maximum Gasteiger partial charge on any atom is 0.249 e. The standard InChI is InChI=1S/C16H20ClN5/c1-12-10-13(17)6-7-14(12)19-16-20-15(11-18-21-16)22-8-4-2-3-5-9-22/h6-7,10-11H,2-5,8-9H2,1H3,(H,19,20,21). The Bertz CT molecular complexity index is 638. The number of nitrogens with zero attached hydrogens (tertiary/aromatic N) is 4. The minimum absolute atomic E-state index is 0.521. The normalized spacial score (nSPS) is 15.5. The highest BCUT2D eigenvalue weighted by Crippen LogP contribution is 2.23. The van der Waals surface area contributed by atoms with Crippen LogP contribution in [0.15, 0.2) is 24.4 Å². The summed E-state index contributed by atoms with van der Waals surface area (Å²) in [5.41, 5.74) is 2.00. The van der Waals surface area contributed by atoms with E-state index in [1.165, 1.54) is 25.7 Å². The van der Waals surface area contributed by atoms with E-state index >= 15 is 0 Å². The summed E-state index contributed by atoms with van der Waals surface area (Å²) in [4.78, 5) is 6.90. The maximum atomic E-state index is 5.98. The van der Waals surface area contributed by atoms with Gasteiger partial charge in [0.25, 0.3) is 0 Å². The molecule has 1 aliphatic rings. The molecule has 1 aromatic carbocycles. The number of hydrogen-bond donors (Lipinski definition) is 1. The smallest absolute Gasteiger partial charge is 0.249 e. The van der Waals surface area contributed by atoms with Crippen molar-refractivity contribution in [1.29, 1.82) is 0 Å². The van der Waals surface area contributed by atoms with E-state index in [-0.39, 0.29) is 0 Å². The molecule has 1 saturated heterocycles. The number of benzene rings is 1. The topological polar surface area (TPSA) is 53.9 Å². The van der Waals surface area contributed by atoms with Crippen molar-refractivity contribution in [3.63, 3.8) is 0 Å².